The molecule has 0 unspecified atom stereocenters. The molecule has 1 aliphatic carbocycles. The van der Waals surface area contributed by atoms with Crippen LogP contribution < -0.4 is 0 Å². The van der Waals surface area contributed by atoms with Gasteiger partial charge in [-0.1, -0.05) is 246 Å². The summed E-state index contributed by atoms with van der Waals surface area (Å²) in [5.74, 6) is 0.811. The standard InChI is InChI=1S/C60H119N3O3/c1-5-9-13-17-21-25-33-43-53-62(54-44-34-26-22-18-14-10-6-2)59(65)47-39-31-29-37-41-51-61(57-49-50-58(57)64)52-42-38-30-32-40-48-60(66)63(55-45-35-27-23-19-15-11-7-3)56-46-36-28-24-20-16-12-8-4/h57-58,64H,5-56H2,1-4H3/t57-,58-/m1/s1. The first kappa shape index (κ1) is 62.9. The summed E-state index contributed by atoms with van der Waals surface area (Å²) in [5, 5.41) is 10.6. The predicted molar refractivity (Wildman–Crippen MR) is 290 cm³/mol. The zero-order valence-electron chi connectivity index (χ0n) is 45.5. The smallest absolute Gasteiger partial charge is 0.222 e. The minimum Gasteiger partial charge on any atom is -0.391 e. The number of aliphatic hydroxyl groups is 1. The molecule has 6 heteroatoms. The van der Waals surface area contributed by atoms with Gasteiger partial charge < -0.3 is 14.9 Å². The first-order valence-electron chi connectivity index (χ1n) is 30.5. The molecule has 0 bridgehead atoms. The Morgan fingerprint density at radius 1 is 0.318 bits per heavy atom. The molecule has 0 aromatic carbocycles. The van der Waals surface area contributed by atoms with Gasteiger partial charge in [-0.3, -0.25) is 14.5 Å². The molecule has 2 atom stereocenters. The zero-order valence-corrected chi connectivity index (χ0v) is 45.5. The summed E-state index contributed by atoms with van der Waals surface area (Å²) in [6.07, 6.45) is 57.1. The summed E-state index contributed by atoms with van der Waals surface area (Å²) in [7, 11) is 0. The first-order chi connectivity index (χ1) is 32.5. The van der Waals surface area contributed by atoms with Gasteiger partial charge in [0.25, 0.3) is 0 Å². The van der Waals surface area contributed by atoms with E-state index in [-0.39, 0.29) is 6.10 Å². The number of hydrogen-bond donors (Lipinski definition) is 1. The van der Waals surface area contributed by atoms with Crippen LogP contribution in [0.5, 0.6) is 0 Å². The lowest BCUT2D eigenvalue weighted by atomic mass is 9.87. The molecular weight excluding hydrogens is 811 g/mol. The Hall–Kier alpha value is -1.14. The number of unbranched alkanes of at least 4 members (excludes halogenated alkanes) is 36. The summed E-state index contributed by atoms with van der Waals surface area (Å²) in [6.45, 7) is 15.2. The van der Waals surface area contributed by atoms with E-state index in [0.29, 0.717) is 17.9 Å². The van der Waals surface area contributed by atoms with E-state index in [4.69, 9.17) is 0 Å². The Labute approximate surface area is 414 Å². The van der Waals surface area contributed by atoms with Crippen molar-refractivity contribution in [3.05, 3.63) is 0 Å². The van der Waals surface area contributed by atoms with E-state index in [9.17, 15) is 14.7 Å². The maximum Gasteiger partial charge on any atom is 0.222 e. The molecule has 1 N–H and O–H groups in total. The van der Waals surface area contributed by atoms with E-state index in [2.05, 4.69) is 42.4 Å². The molecule has 0 spiro atoms. The number of carbonyl (C=O) groups is 2. The van der Waals surface area contributed by atoms with E-state index >= 15 is 0 Å². The molecule has 1 fully saturated rings. The molecule has 0 aliphatic heterocycles. The van der Waals surface area contributed by atoms with Crippen LogP contribution in [-0.2, 0) is 9.59 Å². The highest BCUT2D eigenvalue weighted by atomic mass is 16.3. The molecule has 1 aliphatic rings. The molecule has 0 aromatic rings. The molecule has 392 valence electrons. The van der Waals surface area contributed by atoms with Crippen molar-refractivity contribution in [3.8, 4) is 0 Å². The summed E-state index contributed by atoms with van der Waals surface area (Å²) in [5.41, 5.74) is 0. The van der Waals surface area contributed by atoms with Crippen LogP contribution in [0.3, 0.4) is 0 Å². The number of nitrogens with zero attached hydrogens (tertiary/aromatic N) is 3. The molecule has 66 heavy (non-hydrogen) atoms. The Balaban J connectivity index is 2.37. The molecule has 2 amide bonds. The number of rotatable bonds is 53. The van der Waals surface area contributed by atoms with Gasteiger partial charge in [-0.25, -0.2) is 0 Å². The second-order valence-corrected chi connectivity index (χ2v) is 21.4. The van der Waals surface area contributed by atoms with Gasteiger partial charge in [0.1, 0.15) is 0 Å². The quantitative estimate of drug-likeness (QED) is 0.0617. The summed E-state index contributed by atoms with van der Waals surface area (Å²) in [6, 6.07) is 0.349. The second kappa shape index (κ2) is 48.9. The van der Waals surface area contributed by atoms with Gasteiger partial charge >= 0.3 is 0 Å². The Bertz CT molecular complexity index is 913. The highest BCUT2D eigenvalue weighted by molar-refractivity contribution is 5.76. The molecule has 0 radical (unpaired) electrons. The van der Waals surface area contributed by atoms with Crippen molar-refractivity contribution in [3.63, 3.8) is 0 Å². The number of aliphatic hydroxyl groups excluding tert-OH is 1. The Morgan fingerprint density at radius 3 is 0.773 bits per heavy atom. The average Bonchev–Trinajstić information content (AvgIpc) is 3.31. The van der Waals surface area contributed by atoms with E-state index < -0.39 is 0 Å². The highest BCUT2D eigenvalue weighted by Crippen LogP contribution is 2.27. The monoisotopic (exact) mass is 930 g/mol. The van der Waals surface area contributed by atoms with Crippen LogP contribution in [0.1, 0.15) is 323 Å². The van der Waals surface area contributed by atoms with Crippen molar-refractivity contribution >= 4 is 11.8 Å². The van der Waals surface area contributed by atoms with Gasteiger partial charge in [0.15, 0.2) is 0 Å². The minimum absolute atomic E-state index is 0.152. The maximum atomic E-state index is 13.4. The number of amides is 2. The van der Waals surface area contributed by atoms with Crippen molar-refractivity contribution in [1.29, 1.82) is 0 Å². The summed E-state index contributed by atoms with van der Waals surface area (Å²) >= 11 is 0. The van der Waals surface area contributed by atoms with Crippen molar-refractivity contribution in [2.75, 3.05) is 39.3 Å². The van der Waals surface area contributed by atoms with Crippen LogP contribution >= 0.6 is 0 Å². The molecule has 0 saturated heterocycles. The predicted octanol–water partition coefficient (Wildman–Crippen LogP) is 17.7. The topological polar surface area (TPSA) is 64.1 Å². The van der Waals surface area contributed by atoms with E-state index in [1.165, 1.54) is 244 Å². The van der Waals surface area contributed by atoms with Crippen LogP contribution in [0, 0.1) is 0 Å². The lowest BCUT2D eigenvalue weighted by Gasteiger charge is -2.42. The zero-order chi connectivity index (χ0) is 47.8. The van der Waals surface area contributed by atoms with Crippen LogP contribution in [0.25, 0.3) is 0 Å². The van der Waals surface area contributed by atoms with Crippen molar-refractivity contribution in [1.82, 2.24) is 14.7 Å². The first-order valence-corrected chi connectivity index (χ1v) is 30.5. The lowest BCUT2D eigenvalue weighted by molar-refractivity contribution is -0.132. The largest absolute Gasteiger partial charge is 0.391 e. The normalized spacial score (nSPS) is 14.9. The molecule has 0 aromatic heterocycles. The van der Waals surface area contributed by atoms with Crippen molar-refractivity contribution in [2.24, 2.45) is 0 Å². The van der Waals surface area contributed by atoms with E-state index in [1.54, 1.807) is 0 Å². The fraction of sp³-hybridized carbons (Fsp3) is 0.967. The van der Waals surface area contributed by atoms with E-state index in [1.807, 2.05) is 0 Å². The van der Waals surface area contributed by atoms with Crippen LogP contribution in [0.4, 0.5) is 0 Å². The van der Waals surface area contributed by atoms with Crippen molar-refractivity contribution in [2.45, 2.75) is 335 Å². The van der Waals surface area contributed by atoms with Gasteiger partial charge in [0, 0.05) is 45.1 Å². The van der Waals surface area contributed by atoms with Gasteiger partial charge in [-0.2, -0.15) is 0 Å². The van der Waals surface area contributed by atoms with Gasteiger partial charge in [-0.05, 0) is 77.3 Å². The second-order valence-electron chi connectivity index (χ2n) is 21.4. The molecule has 1 saturated carbocycles. The fourth-order valence-electron chi connectivity index (χ4n) is 10.4. The minimum atomic E-state index is -0.152. The number of hydrogen-bond acceptors (Lipinski definition) is 4. The molecule has 0 heterocycles. The average molecular weight is 931 g/mol. The maximum absolute atomic E-state index is 13.4. The summed E-state index contributed by atoms with van der Waals surface area (Å²) in [4.78, 5) is 33.9. The van der Waals surface area contributed by atoms with Gasteiger partial charge in [0.05, 0.1) is 6.10 Å². The third-order valence-electron chi connectivity index (χ3n) is 15.2. The van der Waals surface area contributed by atoms with Gasteiger partial charge in [-0.15, -0.1) is 0 Å². The van der Waals surface area contributed by atoms with Crippen LogP contribution in [0.2, 0.25) is 0 Å². The van der Waals surface area contributed by atoms with Crippen LogP contribution in [-0.4, -0.2) is 83.0 Å². The molecule has 6 nitrogen and oxygen atoms in total. The fourth-order valence-corrected chi connectivity index (χ4v) is 10.4. The Kier molecular flexibility index (Phi) is 46.6. The SMILES string of the molecule is CCCCCCCCCCN(CCCCCCCCCC)C(=O)CCCCCCCN(CCCCCCCC(=O)N(CCCCCCCCCC)CCCCCCCCCC)[C@@H]1CC[C@H]1O. The highest BCUT2D eigenvalue weighted by Gasteiger charge is 2.33. The van der Waals surface area contributed by atoms with Crippen molar-refractivity contribution < 1.29 is 14.7 Å². The van der Waals surface area contributed by atoms with Gasteiger partial charge in [0.2, 0.25) is 11.8 Å². The van der Waals surface area contributed by atoms with E-state index in [0.717, 1.165) is 90.6 Å². The third kappa shape index (κ3) is 37.7. The Morgan fingerprint density at radius 2 is 0.545 bits per heavy atom. The lowest BCUT2D eigenvalue weighted by Crippen LogP contribution is -2.51. The third-order valence-corrected chi connectivity index (χ3v) is 15.2. The molecular formula is C60H119N3O3. The summed E-state index contributed by atoms with van der Waals surface area (Å²) < 4.78 is 0. The number of carbonyl (C=O) groups excluding carboxylic acids is 2. The van der Waals surface area contributed by atoms with Crippen LogP contribution in [0.15, 0.2) is 0 Å². The molecule has 1 rings (SSSR count).